The summed E-state index contributed by atoms with van der Waals surface area (Å²) in [5, 5.41) is 2.74. The molecule has 0 radical (unpaired) electrons. The van der Waals surface area contributed by atoms with Gasteiger partial charge in [-0.2, -0.15) is 0 Å². The molecule has 0 saturated carbocycles. The first kappa shape index (κ1) is 17.1. The number of ether oxygens (including phenoxy) is 1. The molecule has 1 unspecified atom stereocenters. The second-order valence-corrected chi connectivity index (χ2v) is 6.04. The fourth-order valence-corrected chi connectivity index (χ4v) is 3.06. The van der Waals surface area contributed by atoms with Crippen molar-refractivity contribution in [3.05, 3.63) is 59.4 Å². The Labute approximate surface area is 146 Å². The van der Waals surface area contributed by atoms with E-state index in [2.05, 4.69) is 10.3 Å². The largest absolute Gasteiger partial charge is 0.383 e. The summed E-state index contributed by atoms with van der Waals surface area (Å²) in [6.45, 7) is 2.86. The zero-order valence-corrected chi connectivity index (χ0v) is 14.4. The quantitative estimate of drug-likeness (QED) is 0.847. The number of carbonyl (C=O) groups excluding carboxylic acids is 2. The third-order valence-corrected chi connectivity index (χ3v) is 4.26. The number of nitrogens with one attached hydrogen (secondary N) is 1. The molecule has 25 heavy (non-hydrogen) atoms. The van der Waals surface area contributed by atoms with Crippen molar-refractivity contribution < 1.29 is 14.3 Å². The Hall–Kier alpha value is -2.73. The highest BCUT2D eigenvalue weighted by Gasteiger charge is 2.32. The van der Waals surface area contributed by atoms with E-state index in [4.69, 9.17) is 4.74 Å². The lowest BCUT2D eigenvalue weighted by atomic mass is 10.1. The van der Waals surface area contributed by atoms with E-state index in [9.17, 15) is 9.59 Å². The summed E-state index contributed by atoms with van der Waals surface area (Å²) in [6, 6.07) is 11.1. The van der Waals surface area contributed by atoms with Crippen LogP contribution in [-0.4, -0.2) is 43.1 Å². The van der Waals surface area contributed by atoms with Crippen molar-refractivity contribution in [2.45, 2.75) is 19.4 Å². The normalized spacial score (nSPS) is 15.8. The average Bonchev–Trinajstić information content (AvgIpc) is 2.97. The molecule has 1 atom stereocenters. The molecule has 1 aromatic heterocycles. The van der Waals surface area contributed by atoms with E-state index in [-0.39, 0.29) is 23.6 Å². The first-order valence-electron chi connectivity index (χ1n) is 8.26. The molecule has 2 aromatic rings. The van der Waals surface area contributed by atoms with Gasteiger partial charge in [-0.05, 0) is 37.1 Å². The molecule has 1 aromatic carbocycles. The Morgan fingerprint density at radius 1 is 1.32 bits per heavy atom. The van der Waals surface area contributed by atoms with Gasteiger partial charge in [-0.25, -0.2) is 0 Å². The van der Waals surface area contributed by atoms with Crippen LogP contribution in [0.2, 0.25) is 0 Å². The van der Waals surface area contributed by atoms with Gasteiger partial charge in [0, 0.05) is 37.1 Å². The van der Waals surface area contributed by atoms with Gasteiger partial charge < -0.3 is 15.0 Å². The van der Waals surface area contributed by atoms with Crippen LogP contribution in [0, 0.1) is 0 Å². The molecule has 0 spiro atoms. The van der Waals surface area contributed by atoms with Crippen molar-refractivity contribution in [1.82, 2.24) is 10.3 Å². The molecule has 0 fully saturated rings. The summed E-state index contributed by atoms with van der Waals surface area (Å²) < 4.78 is 4.91. The highest BCUT2D eigenvalue weighted by Crippen LogP contribution is 2.32. The lowest BCUT2D eigenvalue weighted by Gasteiger charge is -2.22. The average molecular weight is 339 g/mol. The third kappa shape index (κ3) is 3.53. The zero-order valence-electron chi connectivity index (χ0n) is 14.4. The molecule has 0 bridgehead atoms. The van der Waals surface area contributed by atoms with Gasteiger partial charge >= 0.3 is 0 Å². The van der Waals surface area contributed by atoms with E-state index >= 15 is 0 Å². The van der Waals surface area contributed by atoms with Crippen LogP contribution in [0.4, 0.5) is 5.69 Å². The number of hydrogen-bond donors (Lipinski definition) is 1. The van der Waals surface area contributed by atoms with E-state index in [1.807, 2.05) is 31.2 Å². The Bertz CT molecular complexity index is 791. The Morgan fingerprint density at radius 3 is 2.92 bits per heavy atom. The zero-order chi connectivity index (χ0) is 17.8. The van der Waals surface area contributed by atoms with Crippen molar-refractivity contribution in [1.29, 1.82) is 0 Å². The Morgan fingerprint density at radius 2 is 2.12 bits per heavy atom. The maximum absolute atomic E-state index is 13.0. The molecule has 6 heteroatoms. The molecule has 2 heterocycles. The molecule has 2 amide bonds. The van der Waals surface area contributed by atoms with Crippen LogP contribution < -0.4 is 10.2 Å². The van der Waals surface area contributed by atoms with Crippen LogP contribution in [-0.2, 0) is 11.2 Å². The SMILES string of the molecule is COCCNC(=O)c1ccnc(C(=O)N2c3ccccc3CC2C)c1. The van der Waals surface area contributed by atoms with Gasteiger partial charge in [0.1, 0.15) is 5.69 Å². The molecule has 1 N–H and O–H groups in total. The summed E-state index contributed by atoms with van der Waals surface area (Å²) >= 11 is 0. The number of anilines is 1. The van der Waals surface area contributed by atoms with Crippen LogP contribution in [0.3, 0.4) is 0 Å². The smallest absolute Gasteiger partial charge is 0.277 e. The van der Waals surface area contributed by atoms with Crippen molar-refractivity contribution in [2.75, 3.05) is 25.2 Å². The van der Waals surface area contributed by atoms with E-state index in [0.29, 0.717) is 18.7 Å². The van der Waals surface area contributed by atoms with Gasteiger partial charge in [-0.1, -0.05) is 18.2 Å². The third-order valence-electron chi connectivity index (χ3n) is 4.26. The van der Waals surface area contributed by atoms with Gasteiger partial charge in [0.15, 0.2) is 0 Å². The number of para-hydroxylation sites is 1. The number of rotatable bonds is 5. The number of nitrogens with zero attached hydrogens (tertiary/aromatic N) is 2. The summed E-state index contributed by atoms with van der Waals surface area (Å²) in [5.41, 5.74) is 2.74. The molecule has 3 rings (SSSR count). The van der Waals surface area contributed by atoms with Crippen molar-refractivity contribution in [2.24, 2.45) is 0 Å². The fourth-order valence-electron chi connectivity index (χ4n) is 3.06. The van der Waals surface area contributed by atoms with E-state index in [0.717, 1.165) is 17.7 Å². The van der Waals surface area contributed by atoms with Crippen LogP contribution in [0.25, 0.3) is 0 Å². The molecule has 130 valence electrons. The summed E-state index contributed by atoms with van der Waals surface area (Å²) in [6.07, 6.45) is 2.31. The maximum atomic E-state index is 13.0. The number of aromatic nitrogens is 1. The van der Waals surface area contributed by atoms with Gasteiger partial charge in [0.2, 0.25) is 0 Å². The molecular formula is C19H21N3O3. The maximum Gasteiger partial charge on any atom is 0.277 e. The topological polar surface area (TPSA) is 71.5 Å². The van der Waals surface area contributed by atoms with Gasteiger partial charge in [-0.15, -0.1) is 0 Å². The second kappa shape index (κ2) is 7.44. The number of fused-ring (bicyclic) bond motifs is 1. The number of amides is 2. The number of carbonyl (C=O) groups is 2. The van der Waals surface area contributed by atoms with Crippen molar-refractivity contribution in [3.63, 3.8) is 0 Å². The highest BCUT2D eigenvalue weighted by atomic mass is 16.5. The summed E-state index contributed by atoms with van der Waals surface area (Å²) in [4.78, 5) is 31.1. The molecule has 6 nitrogen and oxygen atoms in total. The van der Waals surface area contributed by atoms with Crippen LogP contribution in [0.1, 0.15) is 33.3 Å². The minimum absolute atomic E-state index is 0.0610. The molecule has 1 aliphatic heterocycles. The number of pyridine rings is 1. The van der Waals surface area contributed by atoms with E-state index in [1.54, 1.807) is 18.1 Å². The number of benzene rings is 1. The first-order valence-corrected chi connectivity index (χ1v) is 8.26. The molecule has 0 saturated heterocycles. The highest BCUT2D eigenvalue weighted by molar-refractivity contribution is 6.07. The standard InChI is InChI=1S/C19H21N3O3/c1-13-11-14-5-3-4-6-17(14)22(13)19(24)16-12-15(7-8-20-16)18(23)21-9-10-25-2/h3-8,12-13H,9-11H2,1-2H3,(H,21,23). The lowest BCUT2D eigenvalue weighted by molar-refractivity contribution is 0.0937. The van der Waals surface area contributed by atoms with Crippen LogP contribution in [0.15, 0.2) is 42.6 Å². The minimum atomic E-state index is -0.247. The van der Waals surface area contributed by atoms with Crippen LogP contribution in [0.5, 0.6) is 0 Å². The van der Waals surface area contributed by atoms with Crippen LogP contribution >= 0.6 is 0 Å². The second-order valence-electron chi connectivity index (χ2n) is 6.04. The lowest BCUT2D eigenvalue weighted by Crippen LogP contribution is -2.36. The fraction of sp³-hybridized carbons (Fsp3) is 0.316. The van der Waals surface area contributed by atoms with Gasteiger partial charge in [-0.3, -0.25) is 14.6 Å². The number of methoxy groups -OCH3 is 1. The first-order chi connectivity index (χ1) is 12.1. The Kier molecular flexibility index (Phi) is 5.09. The predicted molar refractivity (Wildman–Crippen MR) is 94.9 cm³/mol. The Balaban J connectivity index is 1.81. The molecule has 0 aliphatic carbocycles. The van der Waals surface area contributed by atoms with E-state index in [1.165, 1.54) is 12.3 Å². The number of hydrogen-bond acceptors (Lipinski definition) is 4. The van der Waals surface area contributed by atoms with Gasteiger partial charge in [0.25, 0.3) is 11.8 Å². The molecular weight excluding hydrogens is 318 g/mol. The van der Waals surface area contributed by atoms with Gasteiger partial charge in [0.05, 0.1) is 6.61 Å². The molecule has 1 aliphatic rings. The predicted octanol–water partition coefficient (Wildman–Crippen LogP) is 2.05. The van der Waals surface area contributed by atoms with E-state index < -0.39 is 0 Å². The summed E-state index contributed by atoms with van der Waals surface area (Å²) in [5.74, 6) is -0.438. The van der Waals surface area contributed by atoms with Crippen molar-refractivity contribution >= 4 is 17.5 Å². The summed E-state index contributed by atoms with van der Waals surface area (Å²) in [7, 11) is 1.57. The monoisotopic (exact) mass is 339 g/mol. The van der Waals surface area contributed by atoms with Crippen molar-refractivity contribution in [3.8, 4) is 0 Å². The minimum Gasteiger partial charge on any atom is -0.383 e.